The van der Waals surface area contributed by atoms with Crippen molar-refractivity contribution in [3.8, 4) is 0 Å². The highest BCUT2D eigenvalue weighted by Crippen LogP contribution is 2.13. The van der Waals surface area contributed by atoms with Crippen LogP contribution in [0.25, 0.3) is 0 Å². The summed E-state index contributed by atoms with van der Waals surface area (Å²) in [6, 6.07) is 7.16. The average molecular weight is 303 g/mol. The van der Waals surface area contributed by atoms with E-state index in [1.54, 1.807) is 17.0 Å². The number of carbonyl (C=O) groups excluding carboxylic acids is 1. The number of carbonyl (C=O) groups is 1. The van der Waals surface area contributed by atoms with Crippen molar-refractivity contribution in [1.29, 1.82) is 0 Å². The first-order valence-electron chi connectivity index (χ1n) is 5.96. The predicted octanol–water partition coefficient (Wildman–Crippen LogP) is 3.12. The third kappa shape index (κ3) is 4.73. The Hall–Kier alpha value is -1.26. The van der Waals surface area contributed by atoms with Gasteiger partial charge in [-0.15, -0.1) is 0 Å². The van der Waals surface area contributed by atoms with Crippen molar-refractivity contribution in [3.63, 3.8) is 0 Å². The van der Waals surface area contributed by atoms with E-state index in [9.17, 15) is 4.79 Å². The number of oxime groups is 1. The number of amides is 1. The Balaban J connectivity index is 2.57. The Labute approximate surface area is 122 Å². The van der Waals surface area contributed by atoms with Gasteiger partial charge in [0.1, 0.15) is 0 Å². The van der Waals surface area contributed by atoms with Gasteiger partial charge in [0.2, 0.25) is 0 Å². The van der Waals surface area contributed by atoms with E-state index in [1.807, 2.05) is 26.0 Å². The molecule has 4 nitrogen and oxygen atoms in total. The van der Waals surface area contributed by atoms with Crippen LogP contribution in [0.5, 0.6) is 0 Å². The molecule has 0 fully saturated rings. The minimum absolute atomic E-state index is 0.303. The fourth-order valence-electron chi connectivity index (χ4n) is 1.44. The van der Waals surface area contributed by atoms with Gasteiger partial charge in [0.25, 0.3) is 11.5 Å². The number of hydrogen-bond acceptors (Lipinski definition) is 3. The van der Waals surface area contributed by atoms with Gasteiger partial charge in [-0.05, 0) is 19.9 Å². The zero-order valence-electron chi connectivity index (χ0n) is 10.8. The molecule has 0 aliphatic heterocycles. The summed E-state index contributed by atoms with van der Waals surface area (Å²) in [5.41, 5.74) is -0.429. The summed E-state index contributed by atoms with van der Waals surface area (Å²) >= 11 is 11.8. The first-order chi connectivity index (χ1) is 9.10. The third-order valence-corrected chi connectivity index (χ3v) is 3.13. The average Bonchev–Trinajstić information content (AvgIpc) is 2.42. The molecule has 0 aliphatic carbocycles. The number of halogens is 2. The van der Waals surface area contributed by atoms with Gasteiger partial charge in [-0.2, -0.15) is 0 Å². The van der Waals surface area contributed by atoms with E-state index in [2.05, 4.69) is 5.16 Å². The Morgan fingerprint density at radius 1 is 1.42 bits per heavy atom. The maximum atomic E-state index is 11.8. The fourth-order valence-corrected chi connectivity index (χ4v) is 1.81. The van der Waals surface area contributed by atoms with Crippen LogP contribution in [0.15, 0.2) is 29.4 Å². The zero-order chi connectivity index (χ0) is 14.3. The second-order valence-corrected chi connectivity index (χ2v) is 4.49. The zero-order valence-corrected chi connectivity index (χ0v) is 12.4. The highest BCUT2D eigenvalue weighted by molar-refractivity contribution is 6.33. The lowest BCUT2D eigenvalue weighted by molar-refractivity contribution is -0.138. The van der Waals surface area contributed by atoms with Crippen LogP contribution in [0.3, 0.4) is 0 Å². The van der Waals surface area contributed by atoms with E-state index < -0.39 is 5.56 Å². The standard InChI is InChI=1S/C13H16Cl2N2O2/c1-3-17(4-2)13(18)12(15)19-16-9-10-7-5-6-8-11(10)14/h5-9,12H,3-4H2,1-2H3. The third-order valence-electron chi connectivity index (χ3n) is 2.52. The van der Waals surface area contributed by atoms with Crippen LogP contribution < -0.4 is 0 Å². The maximum absolute atomic E-state index is 11.8. The number of likely N-dealkylation sites (N-methyl/N-ethyl adjacent to an activating group) is 1. The summed E-state index contributed by atoms with van der Waals surface area (Å²) in [7, 11) is 0. The molecule has 0 radical (unpaired) electrons. The molecule has 6 heteroatoms. The number of rotatable bonds is 6. The Bertz CT molecular complexity index is 448. The van der Waals surface area contributed by atoms with E-state index in [0.717, 1.165) is 0 Å². The summed E-state index contributed by atoms with van der Waals surface area (Å²) < 4.78 is 0. The molecule has 0 saturated heterocycles. The van der Waals surface area contributed by atoms with Crippen molar-refractivity contribution in [2.24, 2.45) is 5.16 Å². The van der Waals surface area contributed by atoms with E-state index >= 15 is 0 Å². The van der Waals surface area contributed by atoms with E-state index in [-0.39, 0.29) is 5.91 Å². The van der Waals surface area contributed by atoms with Crippen molar-refractivity contribution >= 4 is 35.3 Å². The van der Waals surface area contributed by atoms with Crippen LogP contribution in [-0.2, 0) is 9.63 Å². The van der Waals surface area contributed by atoms with Crippen molar-refractivity contribution in [3.05, 3.63) is 34.9 Å². The smallest absolute Gasteiger partial charge is 0.282 e. The number of nitrogens with zero attached hydrogens (tertiary/aromatic N) is 2. The summed E-state index contributed by atoms with van der Waals surface area (Å²) in [6.07, 6.45) is 1.42. The topological polar surface area (TPSA) is 41.9 Å². The lowest BCUT2D eigenvalue weighted by Gasteiger charge is -2.20. The molecule has 1 unspecified atom stereocenters. The second kappa shape index (κ2) is 8.02. The molecule has 1 amide bonds. The molecular weight excluding hydrogens is 287 g/mol. The lowest BCUT2D eigenvalue weighted by Crippen LogP contribution is -2.37. The Kier molecular flexibility index (Phi) is 6.67. The van der Waals surface area contributed by atoms with Crippen LogP contribution in [0, 0.1) is 0 Å². The van der Waals surface area contributed by atoms with Crippen LogP contribution in [0.4, 0.5) is 0 Å². The van der Waals surface area contributed by atoms with E-state index in [4.69, 9.17) is 28.0 Å². The SMILES string of the molecule is CCN(CC)C(=O)C(Cl)ON=Cc1ccccc1Cl. The fraction of sp³-hybridized carbons (Fsp3) is 0.385. The molecule has 1 rings (SSSR count). The summed E-state index contributed by atoms with van der Waals surface area (Å²) in [6.45, 7) is 4.91. The monoisotopic (exact) mass is 302 g/mol. The van der Waals surface area contributed by atoms with Gasteiger partial charge in [0, 0.05) is 23.7 Å². The molecule has 0 aromatic heterocycles. The quantitative estimate of drug-likeness (QED) is 0.460. The molecule has 0 heterocycles. The molecule has 19 heavy (non-hydrogen) atoms. The van der Waals surface area contributed by atoms with Gasteiger partial charge < -0.3 is 9.74 Å². The molecule has 0 N–H and O–H groups in total. The molecule has 0 spiro atoms. The molecule has 0 saturated carbocycles. The maximum Gasteiger partial charge on any atom is 0.282 e. The first kappa shape index (κ1) is 15.8. The van der Waals surface area contributed by atoms with Gasteiger partial charge in [-0.25, -0.2) is 0 Å². The highest BCUT2D eigenvalue weighted by atomic mass is 35.5. The Morgan fingerprint density at radius 2 is 2.05 bits per heavy atom. The largest absolute Gasteiger partial charge is 0.366 e. The molecule has 0 aliphatic rings. The van der Waals surface area contributed by atoms with Crippen molar-refractivity contribution in [1.82, 2.24) is 4.90 Å². The summed E-state index contributed by atoms with van der Waals surface area (Å²) in [5, 5.41) is 4.24. The van der Waals surface area contributed by atoms with Crippen LogP contribution in [-0.4, -0.2) is 35.7 Å². The van der Waals surface area contributed by atoms with Gasteiger partial charge in [0.05, 0.1) is 6.21 Å². The van der Waals surface area contributed by atoms with Gasteiger partial charge >= 0.3 is 0 Å². The van der Waals surface area contributed by atoms with E-state index in [1.165, 1.54) is 6.21 Å². The van der Waals surface area contributed by atoms with Crippen LogP contribution >= 0.6 is 23.2 Å². The molecule has 104 valence electrons. The van der Waals surface area contributed by atoms with Gasteiger partial charge in [0.15, 0.2) is 0 Å². The minimum atomic E-state index is -1.13. The second-order valence-electron chi connectivity index (χ2n) is 3.69. The molecule has 1 atom stereocenters. The van der Waals surface area contributed by atoms with Crippen LogP contribution in [0.2, 0.25) is 5.02 Å². The number of benzene rings is 1. The predicted molar refractivity (Wildman–Crippen MR) is 77.7 cm³/mol. The molecule has 0 bridgehead atoms. The van der Waals surface area contributed by atoms with Crippen LogP contribution in [0.1, 0.15) is 19.4 Å². The van der Waals surface area contributed by atoms with Crippen molar-refractivity contribution in [2.45, 2.75) is 19.4 Å². The Morgan fingerprint density at radius 3 is 2.63 bits per heavy atom. The normalized spacial score (nSPS) is 12.4. The minimum Gasteiger partial charge on any atom is -0.366 e. The lowest BCUT2D eigenvalue weighted by atomic mass is 10.2. The van der Waals surface area contributed by atoms with Crippen molar-refractivity contribution < 1.29 is 9.63 Å². The van der Waals surface area contributed by atoms with Gasteiger partial charge in [-0.1, -0.05) is 46.6 Å². The number of hydrogen-bond donors (Lipinski definition) is 0. The summed E-state index contributed by atoms with van der Waals surface area (Å²) in [5.74, 6) is -0.303. The summed E-state index contributed by atoms with van der Waals surface area (Å²) in [4.78, 5) is 18.3. The van der Waals surface area contributed by atoms with Gasteiger partial charge in [-0.3, -0.25) is 4.79 Å². The highest BCUT2D eigenvalue weighted by Gasteiger charge is 2.21. The molecule has 1 aromatic carbocycles. The van der Waals surface area contributed by atoms with Crippen molar-refractivity contribution in [2.75, 3.05) is 13.1 Å². The molecule has 1 aromatic rings. The van der Waals surface area contributed by atoms with E-state index in [0.29, 0.717) is 23.7 Å². The molecular formula is C13H16Cl2N2O2. The number of alkyl halides is 1. The first-order valence-corrected chi connectivity index (χ1v) is 6.78.